The molecule has 0 heterocycles. The van der Waals surface area contributed by atoms with Gasteiger partial charge in [-0.05, 0) is 25.5 Å². The molecule has 0 saturated heterocycles. The second-order valence-electron chi connectivity index (χ2n) is 3.12. The predicted molar refractivity (Wildman–Crippen MR) is 47.7 cm³/mol. The second kappa shape index (κ2) is 2.81. The van der Waals surface area contributed by atoms with Gasteiger partial charge in [0, 0.05) is 6.42 Å². The molecule has 0 saturated carbocycles. The van der Waals surface area contributed by atoms with Crippen molar-refractivity contribution in [3.8, 4) is 0 Å². The average Bonchev–Trinajstić information content (AvgIpc) is 1.81. The maximum atomic E-state index is 9.58. The van der Waals surface area contributed by atoms with Crippen LogP contribution < -0.4 is 0 Å². The third-order valence-electron chi connectivity index (χ3n) is 1.65. The van der Waals surface area contributed by atoms with Crippen molar-refractivity contribution in [2.75, 3.05) is 0 Å². The number of halogens is 2. The van der Waals surface area contributed by atoms with Crippen LogP contribution in [-0.2, 0) is 0 Å². The van der Waals surface area contributed by atoms with Gasteiger partial charge < -0.3 is 5.11 Å². The highest BCUT2D eigenvalue weighted by molar-refractivity contribution is 6.44. The molecular weight excluding hydrogens is 183 g/mol. The maximum Gasteiger partial charge on any atom is 0.0854 e. The zero-order chi connectivity index (χ0) is 8.65. The Labute approximate surface area is 76.3 Å². The van der Waals surface area contributed by atoms with Crippen molar-refractivity contribution in [2.24, 2.45) is 0 Å². The number of hydrogen-bond donors (Lipinski definition) is 1. The molecule has 0 aromatic carbocycles. The lowest BCUT2D eigenvalue weighted by atomic mass is 9.92. The summed E-state index contributed by atoms with van der Waals surface area (Å²) in [5.74, 6) is 0. The summed E-state index contributed by atoms with van der Waals surface area (Å²) in [7, 11) is 0. The summed E-state index contributed by atoms with van der Waals surface area (Å²) in [6.07, 6.45) is 2.13. The molecule has 1 unspecified atom stereocenters. The van der Waals surface area contributed by atoms with Gasteiger partial charge in [0.05, 0.1) is 15.7 Å². The van der Waals surface area contributed by atoms with Crippen molar-refractivity contribution < 1.29 is 5.11 Å². The van der Waals surface area contributed by atoms with Gasteiger partial charge in [-0.1, -0.05) is 23.2 Å². The Morgan fingerprint density at radius 2 is 2.09 bits per heavy atom. The van der Waals surface area contributed by atoms with E-state index < -0.39 is 5.60 Å². The van der Waals surface area contributed by atoms with Crippen molar-refractivity contribution in [3.05, 3.63) is 21.7 Å². The van der Waals surface area contributed by atoms with Crippen molar-refractivity contribution in [1.82, 2.24) is 0 Å². The van der Waals surface area contributed by atoms with E-state index in [4.69, 9.17) is 23.2 Å². The van der Waals surface area contributed by atoms with E-state index in [0.717, 1.165) is 5.57 Å². The van der Waals surface area contributed by atoms with E-state index in [2.05, 4.69) is 0 Å². The summed E-state index contributed by atoms with van der Waals surface area (Å²) in [5.41, 5.74) is 0.101. The van der Waals surface area contributed by atoms with Gasteiger partial charge in [0.25, 0.3) is 0 Å². The van der Waals surface area contributed by atoms with E-state index in [0.29, 0.717) is 16.5 Å². The van der Waals surface area contributed by atoms with E-state index >= 15 is 0 Å². The zero-order valence-corrected chi connectivity index (χ0v) is 8.00. The molecule has 1 atom stereocenters. The summed E-state index contributed by atoms with van der Waals surface area (Å²) < 4.78 is 0. The Bertz CT molecular complexity index is 238. The van der Waals surface area contributed by atoms with E-state index in [9.17, 15) is 5.11 Å². The highest BCUT2D eigenvalue weighted by Crippen LogP contribution is 2.34. The average molecular weight is 193 g/mol. The number of rotatable bonds is 0. The number of hydrogen-bond acceptors (Lipinski definition) is 1. The molecule has 1 N–H and O–H groups in total. The lowest BCUT2D eigenvalue weighted by Gasteiger charge is -2.24. The fraction of sp³-hybridized carbons (Fsp3) is 0.500. The zero-order valence-electron chi connectivity index (χ0n) is 6.49. The van der Waals surface area contributed by atoms with Gasteiger partial charge in [0.2, 0.25) is 0 Å². The molecule has 0 amide bonds. The summed E-state index contributed by atoms with van der Waals surface area (Å²) >= 11 is 11.6. The lowest BCUT2D eigenvalue weighted by Crippen LogP contribution is -2.24. The second-order valence-corrected chi connectivity index (χ2v) is 3.91. The first kappa shape index (κ1) is 9.11. The quantitative estimate of drug-likeness (QED) is 0.627. The van der Waals surface area contributed by atoms with E-state index in [1.165, 1.54) is 0 Å². The molecule has 3 heteroatoms. The molecule has 1 aliphatic rings. The van der Waals surface area contributed by atoms with Crippen LogP contribution in [0.15, 0.2) is 21.7 Å². The fourth-order valence-electron chi connectivity index (χ4n) is 1.21. The lowest BCUT2D eigenvalue weighted by molar-refractivity contribution is 0.110. The van der Waals surface area contributed by atoms with Crippen LogP contribution in [0.2, 0.25) is 0 Å². The van der Waals surface area contributed by atoms with Crippen LogP contribution in [0.3, 0.4) is 0 Å². The topological polar surface area (TPSA) is 20.2 Å². The third-order valence-corrected chi connectivity index (χ3v) is 2.57. The summed E-state index contributed by atoms with van der Waals surface area (Å²) in [4.78, 5) is 0. The molecule has 0 spiro atoms. The Hall–Kier alpha value is 0.0200. The van der Waals surface area contributed by atoms with Gasteiger partial charge >= 0.3 is 0 Å². The molecule has 11 heavy (non-hydrogen) atoms. The minimum absolute atomic E-state index is 0.445. The van der Waals surface area contributed by atoms with Crippen molar-refractivity contribution >= 4 is 23.2 Å². The Balaban J connectivity index is 3.01. The van der Waals surface area contributed by atoms with Gasteiger partial charge in [-0.2, -0.15) is 0 Å². The standard InChI is InChI=1S/C8H10Cl2O/c1-5-3-8(2,11)4-6(9)7(5)10/h4,11H,3H2,1-2H3. The molecule has 1 nitrogen and oxygen atoms in total. The van der Waals surface area contributed by atoms with Crippen molar-refractivity contribution in [2.45, 2.75) is 25.9 Å². The van der Waals surface area contributed by atoms with Crippen LogP contribution in [0, 0.1) is 0 Å². The highest BCUT2D eigenvalue weighted by atomic mass is 35.5. The van der Waals surface area contributed by atoms with E-state index in [1.807, 2.05) is 6.92 Å². The van der Waals surface area contributed by atoms with E-state index in [1.54, 1.807) is 13.0 Å². The van der Waals surface area contributed by atoms with Crippen LogP contribution in [0.1, 0.15) is 20.3 Å². The molecule has 0 aromatic heterocycles. The SMILES string of the molecule is CC1=C(Cl)C(Cl)=CC(C)(O)C1. The molecule has 0 radical (unpaired) electrons. The smallest absolute Gasteiger partial charge is 0.0854 e. The normalized spacial score (nSPS) is 32.3. The maximum absolute atomic E-state index is 9.58. The minimum Gasteiger partial charge on any atom is -0.386 e. The van der Waals surface area contributed by atoms with Gasteiger partial charge in [0.1, 0.15) is 0 Å². The van der Waals surface area contributed by atoms with E-state index in [-0.39, 0.29) is 0 Å². The van der Waals surface area contributed by atoms with Crippen LogP contribution >= 0.6 is 23.2 Å². The first-order valence-electron chi connectivity index (χ1n) is 3.39. The summed E-state index contributed by atoms with van der Waals surface area (Å²) in [6.45, 7) is 3.58. The Kier molecular flexibility index (Phi) is 2.33. The van der Waals surface area contributed by atoms with Gasteiger partial charge in [-0.3, -0.25) is 0 Å². The highest BCUT2D eigenvalue weighted by Gasteiger charge is 2.25. The van der Waals surface area contributed by atoms with Crippen molar-refractivity contribution in [3.63, 3.8) is 0 Å². The first-order chi connectivity index (χ1) is 4.92. The van der Waals surface area contributed by atoms with Crippen LogP contribution in [0.4, 0.5) is 0 Å². The Morgan fingerprint density at radius 3 is 2.55 bits per heavy atom. The molecule has 0 aliphatic heterocycles. The van der Waals surface area contributed by atoms with Crippen LogP contribution in [0.5, 0.6) is 0 Å². The molecule has 0 fully saturated rings. The molecule has 0 bridgehead atoms. The number of allylic oxidation sites excluding steroid dienone is 2. The summed E-state index contributed by atoms with van der Waals surface area (Å²) in [6, 6.07) is 0. The molecule has 0 aromatic rings. The van der Waals surface area contributed by atoms with Gasteiger partial charge in [-0.25, -0.2) is 0 Å². The summed E-state index contributed by atoms with van der Waals surface area (Å²) in [5, 5.41) is 10.6. The third kappa shape index (κ3) is 1.98. The number of aliphatic hydroxyl groups is 1. The molecule has 1 rings (SSSR count). The van der Waals surface area contributed by atoms with Gasteiger partial charge in [-0.15, -0.1) is 0 Å². The van der Waals surface area contributed by atoms with Gasteiger partial charge in [0.15, 0.2) is 0 Å². The van der Waals surface area contributed by atoms with Crippen LogP contribution in [0.25, 0.3) is 0 Å². The Morgan fingerprint density at radius 1 is 1.55 bits per heavy atom. The molecule has 62 valence electrons. The largest absolute Gasteiger partial charge is 0.386 e. The fourth-order valence-corrected chi connectivity index (χ4v) is 1.72. The minimum atomic E-state index is -0.834. The van der Waals surface area contributed by atoms with Crippen molar-refractivity contribution in [1.29, 1.82) is 0 Å². The van der Waals surface area contributed by atoms with Crippen LogP contribution in [-0.4, -0.2) is 10.7 Å². The predicted octanol–water partition coefficient (Wildman–Crippen LogP) is 2.78. The molecular formula is C8H10Cl2O. The monoisotopic (exact) mass is 192 g/mol. The first-order valence-corrected chi connectivity index (χ1v) is 4.14. The molecule has 1 aliphatic carbocycles.